The number of hydrogen-bond acceptors (Lipinski definition) is 1. The van der Waals surface area contributed by atoms with Crippen molar-refractivity contribution in [2.45, 2.75) is 6.54 Å². The lowest BCUT2D eigenvalue weighted by Crippen LogP contribution is -2.03. The van der Waals surface area contributed by atoms with Gasteiger partial charge in [-0.1, -0.05) is 34.1 Å². The Morgan fingerprint density at radius 3 is 2.52 bits per heavy atom. The van der Waals surface area contributed by atoms with E-state index in [1.165, 1.54) is 12.1 Å². The van der Waals surface area contributed by atoms with E-state index in [1.807, 2.05) is 28.8 Å². The summed E-state index contributed by atoms with van der Waals surface area (Å²) in [6.45, 7) is 0.303. The maximum absolute atomic E-state index is 13.7. The molecule has 0 atom stereocenters. The zero-order valence-electron chi connectivity index (χ0n) is 10.9. The van der Waals surface area contributed by atoms with Crippen LogP contribution in [0.2, 0.25) is 0 Å². The predicted octanol–water partition coefficient (Wildman–Crippen LogP) is 4.64. The third-order valence-electron chi connectivity index (χ3n) is 3.17. The molecular weight excluding hydrogens is 338 g/mol. The third-order valence-corrected chi connectivity index (χ3v) is 3.70. The van der Waals surface area contributed by atoms with Gasteiger partial charge in [-0.3, -0.25) is 0 Å². The SMILES string of the molecule is Fc1ccc(Cn2ccnc2-c2ccc(Br)cc2)c(F)c1. The van der Waals surface area contributed by atoms with E-state index >= 15 is 0 Å². The highest BCUT2D eigenvalue weighted by Crippen LogP contribution is 2.22. The van der Waals surface area contributed by atoms with Crippen LogP contribution in [0.1, 0.15) is 5.56 Å². The summed E-state index contributed by atoms with van der Waals surface area (Å²) < 4.78 is 29.5. The van der Waals surface area contributed by atoms with Gasteiger partial charge in [0.15, 0.2) is 0 Å². The average molecular weight is 349 g/mol. The van der Waals surface area contributed by atoms with E-state index in [1.54, 1.807) is 12.4 Å². The number of hydrogen-bond donors (Lipinski definition) is 0. The van der Waals surface area contributed by atoms with Crippen molar-refractivity contribution >= 4 is 15.9 Å². The molecular formula is C16H11BrF2N2. The van der Waals surface area contributed by atoms with Gasteiger partial charge in [0, 0.05) is 34.1 Å². The van der Waals surface area contributed by atoms with E-state index in [4.69, 9.17) is 0 Å². The van der Waals surface area contributed by atoms with Crippen LogP contribution in [0.3, 0.4) is 0 Å². The summed E-state index contributed by atoms with van der Waals surface area (Å²) in [6.07, 6.45) is 3.44. The fourth-order valence-corrected chi connectivity index (χ4v) is 2.39. The molecule has 0 aliphatic rings. The molecule has 21 heavy (non-hydrogen) atoms. The number of benzene rings is 2. The second-order valence-corrected chi connectivity index (χ2v) is 5.54. The van der Waals surface area contributed by atoms with Gasteiger partial charge in [0.2, 0.25) is 0 Å². The molecule has 3 aromatic rings. The molecule has 0 aliphatic heterocycles. The summed E-state index contributed by atoms with van der Waals surface area (Å²) in [7, 11) is 0. The molecule has 0 fully saturated rings. The van der Waals surface area contributed by atoms with Crippen LogP contribution in [0.5, 0.6) is 0 Å². The van der Waals surface area contributed by atoms with Crippen LogP contribution in [0.25, 0.3) is 11.4 Å². The fourth-order valence-electron chi connectivity index (χ4n) is 2.13. The Bertz CT molecular complexity index is 766. The lowest BCUT2D eigenvalue weighted by Gasteiger charge is -2.09. The van der Waals surface area contributed by atoms with Crippen molar-refractivity contribution < 1.29 is 8.78 Å². The molecule has 0 bridgehead atoms. The lowest BCUT2D eigenvalue weighted by atomic mass is 10.2. The van der Waals surface area contributed by atoms with Crippen LogP contribution in [0, 0.1) is 11.6 Å². The summed E-state index contributed by atoms with van der Waals surface area (Å²) >= 11 is 3.39. The van der Waals surface area contributed by atoms with Crippen molar-refractivity contribution in [2.75, 3.05) is 0 Å². The minimum Gasteiger partial charge on any atom is -0.326 e. The highest BCUT2D eigenvalue weighted by atomic mass is 79.9. The Labute approximate surface area is 129 Å². The molecule has 0 unspecified atom stereocenters. The predicted molar refractivity (Wildman–Crippen MR) is 80.8 cm³/mol. The van der Waals surface area contributed by atoms with E-state index in [0.717, 1.165) is 21.9 Å². The Hall–Kier alpha value is -2.01. The molecule has 0 N–H and O–H groups in total. The first-order chi connectivity index (χ1) is 10.1. The summed E-state index contributed by atoms with van der Waals surface area (Å²) in [6, 6.07) is 11.3. The Morgan fingerprint density at radius 1 is 1.05 bits per heavy atom. The number of halogens is 3. The Morgan fingerprint density at radius 2 is 1.81 bits per heavy atom. The Balaban J connectivity index is 1.94. The first-order valence-electron chi connectivity index (χ1n) is 6.34. The second-order valence-electron chi connectivity index (χ2n) is 4.62. The number of rotatable bonds is 3. The molecule has 2 nitrogen and oxygen atoms in total. The van der Waals surface area contributed by atoms with Crippen LogP contribution >= 0.6 is 15.9 Å². The lowest BCUT2D eigenvalue weighted by molar-refractivity contribution is 0.566. The van der Waals surface area contributed by atoms with Crippen molar-refractivity contribution in [1.82, 2.24) is 9.55 Å². The molecule has 0 saturated heterocycles. The molecule has 0 radical (unpaired) electrons. The van der Waals surface area contributed by atoms with Crippen molar-refractivity contribution in [2.24, 2.45) is 0 Å². The fraction of sp³-hybridized carbons (Fsp3) is 0.0625. The number of aromatic nitrogens is 2. The quantitative estimate of drug-likeness (QED) is 0.674. The molecule has 0 amide bonds. The normalized spacial score (nSPS) is 10.8. The van der Waals surface area contributed by atoms with Crippen LogP contribution in [-0.4, -0.2) is 9.55 Å². The first kappa shape index (κ1) is 13.9. The van der Waals surface area contributed by atoms with Gasteiger partial charge in [-0.15, -0.1) is 0 Å². The molecule has 1 aromatic heterocycles. The van der Waals surface area contributed by atoms with E-state index in [2.05, 4.69) is 20.9 Å². The Kier molecular flexibility index (Phi) is 3.84. The largest absolute Gasteiger partial charge is 0.326 e. The van der Waals surface area contributed by atoms with Crippen molar-refractivity contribution in [1.29, 1.82) is 0 Å². The molecule has 1 heterocycles. The van der Waals surface area contributed by atoms with Gasteiger partial charge in [-0.05, 0) is 18.2 Å². The molecule has 5 heteroatoms. The molecule has 0 spiro atoms. The number of imidazole rings is 1. The van der Waals surface area contributed by atoms with Crippen LogP contribution in [0.4, 0.5) is 8.78 Å². The molecule has 0 saturated carbocycles. The first-order valence-corrected chi connectivity index (χ1v) is 7.14. The van der Waals surface area contributed by atoms with Crippen molar-refractivity contribution in [3.05, 3.63) is 76.5 Å². The smallest absolute Gasteiger partial charge is 0.140 e. The second kappa shape index (κ2) is 5.77. The van der Waals surface area contributed by atoms with E-state index < -0.39 is 11.6 Å². The van der Waals surface area contributed by atoms with Crippen LogP contribution < -0.4 is 0 Å². The highest BCUT2D eigenvalue weighted by molar-refractivity contribution is 9.10. The zero-order valence-corrected chi connectivity index (χ0v) is 12.5. The maximum atomic E-state index is 13.7. The molecule has 106 valence electrons. The average Bonchev–Trinajstić information content (AvgIpc) is 2.91. The summed E-state index contributed by atoms with van der Waals surface area (Å²) in [4.78, 5) is 4.31. The topological polar surface area (TPSA) is 17.8 Å². The van der Waals surface area contributed by atoms with Gasteiger partial charge in [-0.25, -0.2) is 13.8 Å². The van der Waals surface area contributed by atoms with Gasteiger partial charge in [-0.2, -0.15) is 0 Å². The van der Waals surface area contributed by atoms with Gasteiger partial charge in [0.25, 0.3) is 0 Å². The van der Waals surface area contributed by atoms with E-state index in [-0.39, 0.29) is 0 Å². The van der Waals surface area contributed by atoms with Crippen molar-refractivity contribution in [3.8, 4) is 11.4 Å². The van der Waals surface area contributed by atoms with Crippen LogP contribution in [-0.2, 0) is 6.54 Å². The summed E-state index contributed by atoms with van der Waals surface area (Å²) in [5, 5.41) is 0. The van der Waals surface area contributed by atoms with Gasteiger partial charge < -0.3 is 4.57 Å². The van der Waals surface area contributed by atoms with Gasteiger partial charge in [0.1, 0.15) is 17.5 Å². The van der Waals surface area contributed by atoms with Gasteiger partial charge >= 0.3 is 0 Å². The standard InChI is InChI=1S/C16H11BrF2N2/c17-13-4-1-11(2-5-13)16-20-7-8-21(16)10-12-3-6-14(18)9-15(12)19/h1-9H,10H2. The molecule has 0 aliphatic carbocycles. The highest BCUT2D eigenvalue weighted by Gasteiger charge is 2.09. The number of nitrogens with zero attached hydrogens (tertiary/aromatic N) is 2. The van der Waals surface area contributed by atoms with E-state index in [0.29, 0.717) is 12.1 Å². The minimum atomic E-state index is -0.574. The zero-order chi connectivity index (χ0) is 14.8. The third kappa shape index (κ3) is 3.03. The van der Waals surface area contributed by atoms with Crippen LogP contribution in [0.15, 0.2) is 59.3 Å². The maximum Gasteiger partial charge on any atom is 0.140 e. The van der Waals surface area contributed by atoms with Gasteiger partial charge in [0.05, 0.1) is 6.54 Å². The minimum absolute atomic E-state index is 0.303. The monoisotopic (exact) mass is 348 g/mol. The summed E-state index contributed by atoms with van der Waals surface area (Å²) in [5.41, 5.74) is 1.36. The van der Waals surface area contributed by atoms with E-state index in [9.17, 15) is 8.78 Å². The summed E-state index contributed by atoms with van der Waals surface area (Å²) in [5.74, 6) is -0.383. The molecule has 2 aromatic carbocycles. The van der Waals surface area contributed by atoms with Crippen molar-refractivity contribution in [3.63, 3.8) is 0 Å². The molecule has 3 rings (SSSR count).